The molecule has 1 fully saturated rings. The smallest absolute Gasteiger partial charge is 0.267 e. The third-order valence-electron chi connectivity index (χ3n) is 3.40. The Hall–Kier alpha value is -1.35. The molecule has 0 saturated carbocycles. The number of nitrogens with zero attached hydrogens (tertiary/aromatic N) is 4. The molecule has 2 heterocycles. The number of aromatic nitrogens is 2. The standard InChI is InChI=1S/C10H15N5O2S2/c1-18-10(9(11)13-17)2-4-15(5-3-10)8(16)7-6-12-14-19-7/h6,17H,2-5H2,1H3,(H2,11,13). The molecule has 0 aromatic carbocycles. The maximum Gasteiger partial charge on any atom is 0.267 e. The first-order valence-electron chi connectivity index (χ1n) is 5.73. The van der Waals surface area contributed by atoms with Crippen LogP contribution in [-0.4, -0.2) is 55.5 Å². The third-order valence-corrected chi connectivity index (χ3v) is 5.45. The molecule has 0 unspecified atom stereocenters. The molecule has 7 nitrogen and oxygen atoms in total. The van der Waals surface area contributed by atoms with Crippen molar-refractivity contribution in [2.24, 2.45) is 10.9 Å². The Morgan fingerprint density at radius 1 is 1.63 bits per heavy atom. The minimum Gasteiger partial charge on any atom is -0.409 e. The van der Waals surface area contributed by atoms with E-state index in [4.69, 9.17) is 10.9 Å². The van der Waals surface area contributed by atoms with Crippen LogP contribution in [0.15, 0.2) is 11.4 Å². The van der Waals surface area contributed by atoms with E-state index >= 15 is 0 Å². The zero-order valence-corrected chi connectivity index (χ0v) is 12.1. The first-order chi connectivity index (χ1) is 9.13. The van der Waals surface area contributed by atoms with Crippen LogP contribution in [0.25, 0.3) is 0 Å². The topological polar surface area (TPSA) is 105 Å². The highest BCUT2D eigenvalue weighted by Crippen LogP contribution is 2.35. The lowest BCUT2D eigenvalue weighted by atomic mass is 9.94. The molecule has 1 aromatic heterocycles. The van der Waals surface area contributed by atoms with Gasteiger partial charge in [-0.1, -0.05) is 9.64 Å². The van der Waals surface area contributed by atoms with Gasteiger partial charge in [-0.2, -0.15) is 11.8 Å². The molecule has 0 bridgehead atoms. The predicted octanol–water partition coefficient (Wildman–Crippen LogP) is 0.622. The van der Waals surface area contributed by atoms with E-state index in [9.17, 15) is 4.79 Å². The summed E-state index contributed by atoms with van der Waals surface area (Å²) >= 11 is 2.66. The summed E-state index contributed by atoms with van der Waals surface area (Å²) in [7, 11) is 0. The average molecular weight is 301 g/mol. The van der Waals surface area contributed by atoms with Crippen molar-refractivity contribution in [3.8, 4) is 0 Å². The molecule has 9 heteroatoms. The molecule has 1 amide bonds. The Morgan fingerprint density at radius 3 is 2.79 bits per heavy atom. The number of likely N-dealkylation sites (tertiary alicyclic amines) is 1. The minimum atomic E-state index is -0.378. The molecule has 0 spiro atoms. The second kappa shape index (κ2) is 5.74. The number of thioether (sulfide) groups is 1. The fraction of sp³-hybridized carbons (Fsp3) is 0.600. The monoisotopic (exact) mass is 301 g/mol. The fourth-order valence-corrected chi connectivity index (χ4v) is 3.47. The summed E-state index contributed by atoms with van der Waals surface area (Å²) in [6.45, 7) is 1.15. The average Bonchev–Trinajstić information content (AvgIpc) is 3.00. The lowest BCUT2D eigenvalue weighted by Crippen LogP contribution is -2.51. The number of carbonyl (C=O) groups excluding carboxylic acids is 1. The van der Waals surface area contributed by atoms with Crippen LogP contribution in [0.1, 0.15) is 22.5 Å². The molecule has 1 aliphatic heterocycles. The van der Waals surface area contributed by atoms with Crippen molar-refractivity contribution in [3.63, 3.8) is 0 Å². The zero-order valence-electron chi connectivity index (χ0n) is 10.4. The summed E-state index contributed by atoms with van der Waals surface area (Å²) in [4.78, 5) is 14.4. The van der Waals surface area contributed by atoms with Gasteiger partial charge in [-0.15, -0.1) is 5.10 Å². The van der Waals surface area contributed by atoms with Crippen molar-refractivity contribution in [2.45, 2.75) is 17.6 Å². The van der Waals surface area contributed by atoms with Crippen LogP contribution in [0, 0.1) is 0 Å². The molecule has 1 aromatic rings. The van der Waals surface area contributed by atoms with Gasteiger partial charge in [0, 0.05) is 13.1 Å². The van der Waals surface area contributed by atoms with Gasteiger partial charge in [0.2, 0.25) is 0 Å². The van der Waals surface area contributed by atoms with Crippen molar-refractivity contribution in [3.05, 3.63) is 11.1 Å². The van der Waals surface area contributed by atoms with Gasteiger partial charge >= 0.3 is 0 Å². The van der Waals surface area contributed by atoms with Gasteiger partial charge < -0.3 is 15.8 Å². The molecule has 1 aliphatic rings. The molecule has 3 N–H and O–H groups in total. The van der Waals surface area contributed by atoms with E-state index < -0.39 is 0 Å². The van der Waals surface area contributed by atoms with Gasteiger partial charge in [0.15, 0.2) is 5.84 Å². The van der Waals surface area contributed by atoms with Gasteiger partial charge in [-0.05, 0) is 30.6 Å². The van der Waals surface area contributed by atoms with E-state index in [1.165, 1.54) is 6.20 Å². The van der Waals surface area contributed by atoms with E-state index in [0.29, 0.717) is 30.8 Å². The number of amidine groups is 1. The molecule has 0 atom stereocenters. The van der Waals surface area contributed by atoms with Gasteiger partial charge in [0.05, 0.1) is 10.9 Å². The van der Waals surface area contributed by atoms with Gasteiger partial charge in [0.1, 0.15) is 4.88 Å². The summed E-state index contributed by atoms with van der Waals surface area (Å²) in [6, 6.07) is 0. The summed E-state index contributed by atoms with van der Waals surface area (Å²) in [5.74, 6) is 0.177. The Labute approximate surface area is 119 Å². The normalized spacial score (nSPS) is 19.4. The first kappa shape index (κ1) is 14.1. The fourth-order valence-electron chi connectivity index (χ4n) is 2.14. The van der Waals surface area contributed by atoms with Crippen LogP contribution >= 0.6 is 23.3 Å². The lowest BCUT2D eigenvalue weighted by molar-refractivity contribution is 0.0722. The number of piperidine rings is 1. The van der Waals surface area contributed by atoms with Crippen molar-refractivity contribution in [1.29, 1.82) is 0 Å². The second-order valence-corrected chi connectivity index (χ2v) is 6.23. The molecule has 0 radical (unpaired) electrons. The molecule has 2 rings (SSSR count). The van der Waals surface area contributed by atoms with Crippen LogP contribution in [0.5, 0.6) is 0 Å². The number of rotatable bonds is 3. The number of oxime groups is 1. The van der Waals surface area contributed by atoms with Gasteiger partial charge in [-0.25, -0.2) is 0 Å². The molecule has 1 saturated heterocycles. The van der Waals surface area contributed by atoms with Gasteiger partial charge in [-0.3, -0.25) is 4.79 Å². The maximum absolute atomic E-state index is 12.1. The lowest BCUT2D eigenvalue weighted by Gasteiger charge is -2.39. The largest absolute Gasteiger partial charge is 0.409 e. The Bertz CT molecular complexity index is 468. The molecule has 0 aliphatic carbocycles. The van der Waals surface area contributed by atoms with Crippen molar-refractivity contribution >= 4 is 35.0 Å². The Balaban J connectivity index is 2.04. The summed E-state index contributed by atoms with van der Waals surface area (Å²) < 4.78 is 3.31. The number of hydrogen-bond donors (Lipinski definition) is 2. The van der Waals surface area contributed by atoms with Crippen LogP contribution in [-0.2, 0) is 0 Å². The number of amides is 1. The van der Waals surface area contributed by atoms with E-state index in [1.807, 2.05) is 6.26 Å². The SMILES string of the molecule is CSC1(C(N)=NO)CCN(C(=O)c2cnns2)CC1. The highest BCUT2D eigenvalue weighted by atomic mass is 32.2. The minimum absolute atomic E-state index is 0.0517. The number of hydrogen-bond acceptors (Lipinski definition) is 7. The number of nitrogens with two attached hydrogens (primary N) is 1. The first-order valence-corrected chi connectivity index (χ1v) is 7.72. The number of carbonyl (C=O) groups is 1. The van der Waals surface area contributed by atoms with Crippen molar-refractivity contribution < 1.29 is 10.0 Å². The Morgan fingerprint density at radius 2 is 2.32 bits per heavy atom. The Kier molecular flexibility index (Phi) is 4.25. The maximum atomic E-state index is 12.1. The quantitative estimate of drug-likeness (QED) is 0.367. The molecule has 104 valence electrons. The van der Waals surface area contributed by atoms with E-state index in [-0.39, 0.29) is 16.5 Å². The predicted molar refractivity (Wildman–Crippen MR) is 74.7 cm³/mol. The molecular formula is C10H15N5O2S2. The van der Waals surface area contributed by atoms with Crippen LogP contribution < -0.4 is 5.73 Å². The van der Waals surface area contributed by atoms with E-state index in [1.54, 1.807) is 16.7 Å². The molecule has 19 heavy (non-hydrogen) atoms. The second-order valence-electron chi connectivity index (χ2n) is 4.26. The summed E-state index contributed by atoms with van der Waals surface area (Å²) in [5.41, 5.74) is 5.77. The summed E-state index contributed by atoms with van der Waals surface area (Å²) in [5, 5.41) is 15.7. The molecular weight excluding hydrogens is 286 g/mol. The third kappa shape index (κ3) is 2.66. The van der Waals surface area contributed by atoms with Crippen molar-refractivity contribution in [1.82, 2.24) is 14.5 Å². The van der Waals surface area contributed by atoms with Crippen molar-refractivity contribution in [2.75, 3.05) is 19.3 Å². The van der Waals surface area contributed by atoms with E-state index in [2.05, 4.69) is 14.7 Å². The van der Waals surface area contributed by atoms with E-state index in [0.717, 1.165) is 11.5 Å². The van der Waals surface area contributed by atoms with Crippen LogP contribution in [0.3, 0.4) is 0 Å². The van der Waals surface area contributed by atoms with Crippen LogP contribution in [0.4, 0.5) is 0 Å². The van der Waals surface area contributed by atoms with Crippen LogP contribution in [0.2, 0.25) is 0 Å². The summed E-state index contributed by atoms with van der Waals surface area (Å²) in [6.07, 6.45) is 4.75. The highest BCUT2D eigenvalue weighted by Gasteiger charge is 2.39. The highest BCUT2D eigenvalue weighted by molar-refractivity contribution is 8.00. The zero-order chi connectivity index (χ0) is 13.9. The van der Waals surface area contributed by atoms with Gasteiger partial charge in [0.25, 0.3) is 5.91 Å².